The second-order valence-electron chi connectivity index (χ2n) is 3.50. The Morgan fingerprint density at radius 2 is 2.33 bits per heavy atom. The van der Waals surface area contributed by atoms with Gasteiger partial charge < -0.3 is 19.4 Å². The van der Waals surface area contributed by atoms with E-state index in [9.17, 15) is 0 Å². The summed E-state index contributed by atoms with van der Waals surface area (Å²) in [6.45, 7) is 4.89. The van der Waals surface area contributed by atoms with Gasteiger partial charge in [0.05, 0.1) is 6.54 Å². The Labute approximate surface area is 89.3 Å². The Morgan fingerprint density at radius 1 is 1.53 bits per heavy atom. The quantitative estimate of drug-likeness (QED) is 0.660. The topological polar surface area (TPSA) is 57.9 Å². The van der Waals surface area contributed by atoms with Crippen LogP contribution in [0.3, 0.4) is 0 Å². The Bertz CT molecular complexity index is 299. The third-order valence-corrected chi connectivity index (χ3v) is 2.41. The normalized spacial score (nSPS) is 17.7. The Kier molecular flexibility index (Phi) is 3.66. The average Bonchev–Trinajstić information content (AvgIpc) is 2.68. The largest absolute Gasteiger partial charge is 0.569 e. The SMILES string of the molecule is O[B]Oc1coc(CN2CCNCC2)c1. The van der Waals surface area contributed by atoms with Gasteiger partial charge in [-0.2, -0.15) is 0 Å². The molecule has 6 heteroatoms. The molecule has 0 atom stereocenters. The molecule has 0 unspecified atom stereocenters. The summed E-state index contributed by atoms with van der Waals surface area (Å²) in [7, 11) is 0.652. The van der Waals surface area contributed by atoms with Crippen molar-refractivity contribution in [2.45, 2.75) is 6.54 Å². The third-order valence-electron chi connectivity index (χ3n) is 2.41. The molecule has 15 heavy (non-hydrogen) atoms. The summed E-state index contributed by atoms with van der Waals surface area (Å²) in [4.78, 5) is 2.31. The molecule has 0 amide bonds. The van der Waals surface area contributed by atoms with Crippen LogP contribution in [0.2, 0.25) is 0 Å². The molecule has 1 aliphatic rings. The van der Waals surface area contributed by atoms with E-state index in [2.05, 4.69) is 10.2 Å². The van der Waals surface area contributed by atoms with Gasteiger partial charge in [0, 0.05) is 32.2 Å². The van der Waals surface area contributed by atoms with Gasteiger partial charge in [-0.25, -0.2) is 0 Å². The fourth-order valence-corrected chi connectivity index (χ4v) is 1.66. The van der Waals surface area contributed by atoms with Crippen molar-refractivity contribution in [3.05, 3.63) is 18.1 Å². The maximum absolute atomic E-state index is 8.44. The van der Waals surface area contributed by atoms with E-state index in [-0.39, 0.29) is 0 Å². The van der Waals surface area contributed by atoms with E-state index in [1.54, 1.807) is 6.07 Å². The van der Waals surface area contributed by atoms with Gasteiger partial charge in [-0.15, -0.1) is 0 Å². The molecule has 81 valence electrons. The monoisotopic (exact) mass is 209 g/mol. The van der Waals surface area contributed by atoms with Gasteiger partial charge in [0.2, 0.25) is 0 Å². The van der Waals surface area contributed by atoms with Crippen molar-refractivity contribution in [1.29, 1.82) is 0 Å². The standard InChI is InChI=1S/C9H14BN2O3/c13-10-15-9-5-8(14-7-9)6-12-3-1-11-2-4-12/h5,7,11,13H,1-4,6H2. The maximum atomic E-state index is 8.44. The lowest BCUT2D eigenvalue weighted by molar-refractivity contribution is 0.216. The number of nitrogens with one attached hydrogen (secondary N) is 1. The second kappa shape index (κ2) is 5.20. The molecule has 1 fully saturated rings. The van der Waals surface area contributed by atoms with Gasteiger partial charge in [-0.1, -0.05) is 0 Å². The highest BCUT2D eigenvalue weighted by molar-refractivity contribution is 6.17. The van der Waals surface area contributed by atoms with E-state index in [1.165, 1.54) is 6.26 Å². The molecule has 0 aliphatic carbocycles. The molecular weight excluding hydrogens is 195 g/mol. The molecule has 1 aromatic rings. The van der Waals surface area contributed by atoms with Gasteiger partial charge in [0.1, 0.15) is 17.8 Å². The lowest BCUT2D eigenvalue weighted by Crippen LogP contribution is -2.42. The molecule has 0 saturated carbocycles. The van der Waals surface area contributed by atoms with Crippen LogP contribution in [0.15, 0.2) is 16.7 Å². The Balaban J connectivity index is 1.86. The van der Waals surface area contributed by atoms with Crippen LogP contribution in [0.25, 0.3) is 0 Å². The van der Waals surface area contributed by atoms with Gasteiger partial charge in [-0.3, -0.25) is 4.90 Å². The summed E-state index contributed by atoms with van der Waals surface area (Å²) < 4.78 is 10.1. The average molecular weight is 209 g/mol. The summed E-state index contributed by atoms with van der Waals surface area (Å²) in [5.41, 5.74) is 0. The number of hydrogen-bond acceptors (Lipinski definition) is 5. The van der Waals surface area contributed by atoms with E-state index < -0.39 is 0 Å². The van der Waals surface area contributed by atoms with Crippen LogP contribution in [0.5, 0.6) is 5.75 Å². The van der Waals surface area contributed by atoms with Crippen LogP contribution in [0.1, 0.15) is 5.76 Å². The van der Waals surface area contributed by atoms with Crippen molar-refractivity contribution in [3.8, 4) is 5.75 Å². The van der Waals surface area contributed by atoms with Crippen molar-refractivity contribution in [2.24, 2.45) is 0 Å². The van der Waals surface area contributed by atoms with Crippen molar-refractivity contribution in [1.82, 2.24) is 10.2 Å². The smallest absolute Gasteiger partial charge is 0.535 e. The fourth-order valence-electron chi connectivity index (χ4n) is 1.66. The van der Waals surface area contributed by atoms with Gasteiger partial charge in [0.15, 0.2) is 0 Å². The fraction of sp³-hybridized carbons (Fsp3) is 0.556. The van der Waals surface area contributed by atoms with Gasteiger partial charge in [-0.05, 0) is 0 Å². The lowest BCUT2D eigenvalue weighted by atomic mass is 10.3. The number of rotatable bonds is 4. The van der Waals surface area contributed by atoms with Crippen LogP contribution >= 0.6 is 0 Å². The minimum absolute atomic E-state index is 0.530. The van der Waals surface area contributed by atoms with Crippen LogP contribution in [-0.2, 0) is 6.54 Å². The van der Waals surface area contributed by atoms with E-state index in [0.29, 0.717) is 13.4 Å². The first-order chi connectivity index (χ1) is 7.38. The first-order valence-corrected chi connectivity index (χ1v) is 5.01. The number of hydrogen-bond donors (Lipinski definition) is 2. The number of nitrogens with zero attached hydrogens (tertiary/aromatic N) is 1. The summed E-state index contributed by atoms with van der Waals surface area (Å²) >= 11 is 0. The van der Waals surface area contributed by atoms with Crippen LogP contribution in [0.4, 0.5) is 0 Å². The summed E-state index contributed by atoms with van der Waals surface area (Å²) in [6, 6.07) is 1.79. The van der Waals surface area contributed by atoms with Crippen molar-refractivity contribution < 1.29 is 14.1 Å². The Hall–Kier alpha value is -0.975. The van der Waals surface area contributed by atoms with Crippen molar-refractivity contribution in [2.75, 3.05) is 26.2 Å². The highest BCUT2D eigenvalue weighted by atomic mass is 16.5. The van der Waals surface area contributed by atoms with Crippen molar-refractivity contribution in [3.63, 3.8) is 0 Å². The minimum Gasteiger partial charge on any atom is -0.535 e. The second-order valence-corrected chi connectivity index (χ2v) is 3.50. The zero-order valence-corrected chi connectivity index (χ0v) is 8.48. The molecule has 1 radical (unpaired) electrons. The predicted molar refractivity (Wildman–Crippen MR) is 55.5 cm³/mol. The van der Waals surface area contributed by atoms with Crippen LogP contribution in [-0.4, -0.2) is 43.8 Å². The van der Waals surface area contributed by atoms with Crippen LogP contribution in [0, 0.1) is 0 Å². The molecule has 2 rings (SSSR count). The molecule has 0 spiro atoms. The van der Waals surface area contributed by atoms with Crippen LogP contribution < -0.4 is 9.97 Å². The summed E-state index contributed by atoms with van der Waals surface area (Å²) in [5, 5.41) is 11.7. The lowest BCUT2D eigenvalue weighted by Gasteiger charge is -2.25. The highest BCUT2D eigenvalue weighted by Gasteiger charge is 2.12. The molecule has 2 N–H and O–H groups in total. The van der Waals surface area contributed by atoms with Crippen molar-refractivity contribution >= 4 is 7.69 Å². The zero-order valence-electron chi connectivity index (χ0n) is 8.48. The number of piperazine rings is 1. The maximum Gasteiger partial charge on any atom is 0.569 e. The molecule has 0 aromatic carbocycles. The van der Waals surface area contributed by atoms with E-state index in [1.807, 2.05) is 0 Å². The highest BCUT2D eigenvalue weighted by Crippen LogP contribution is 2.17. The van der Waals surface area contributed by atoms with Gasteiger partial charge in [0.25, 0.3) is 0 Å². The summed E-state index contributed by atoms with van der Waals surface area (Å²) in [6.07, 6.45) is 1.49. The molecule has 1 aliphatic heterocycles. The first-order valence-electron chi connectivity index (χ1n) is 5.01. The molecule has 0 bridgehead atoms. The minimum atomic E-state index is 0.530. The zero-order chi connectivity index (χ0) is 10.5. The molecular formula is C9H14BN2O3. The molecule has 2 heterocycles. The number of furan rings is 1. The first kappa shape index (κ1) is 10.5. The molecule has 1 aromatic heterocycles. The third kappa shape index (κ3) is 2.99. The molecule has 1 saturated heterocycles. The van der Waals surface area contributed by atoms with E-state index >= 15 is 0 Å². The predicted octanol–water partition coefficient (Wildman–Crippen LogP) is -0.410. The summed E-state index contributed by atoms with van der Waals surface area (Å²) in [5.74, 6) is 1.39. The Morgan fingerprint density at radius 3 is 3.07 bits per heavy atom. The molecule has 5 nitrogen and oxygen atoms in total. The van der Waals surface area contributed by atoms with E-state index in [4.69, 9.17) is 14.1 Å². The van der Waals surface area contributed by atoms with E-state index in [0.717, 1.165) is 38.5 Å². The van der Waals surface area contributed by atoms with Gasteiger partial charge >= 0.3 is 7.69 Å².